The molecule has 3 aromatic carbocycles. The molecule has 0 radical (unpaired) electrons. The number of para-hydroxylation sites is 1. The van der Waals surface area contributed by atoms with Crippen molar-refractivity contribution < 1.29 is 34.2 Å². The van der Waals surface area contributed by atoms with Gasteiger partial charge < -0.3 is 41.8 Å². The number of likely N-dealkylation sites (tertiary alicyclic amines) is 1. The Morgan fingerprint density at radius 2 is 1.49 bits per heavy atom. The Hall–Kier alpha value is -5.69. The van der Waals surface area contributed by atoms with Gasteiger partial charge in [-0.3, -0.25) is 19.2 Å². The van der Waals surface area contributed by atoms with Crippen LogP contribution >= 0.6 is 0 Å². The standard InChI is InChI=1S/C36H40N6O7/c37-20-32(44)39-29(17-23-12-14-25(43)15-13-23)35(47)42-16-6-11-31(42)34(46)40-28(19-24-21-38-27-10-5-4-9-26(24)27)33(45)41-30(36(48)49)18-22-7-2-1-3-8-22/h1-5,7-10,12-15,21,28-31,38,43H,6,11,16-20,37H2,(H,39,44)(H,40,46)(H,41,45)(H,48,49)/t28-,29-,30+,31-/m0/s1. The average molecular weight is 669 g/mol. The van der Waals surface area contributed by atoms with E-state index < -0.39 is 53.8 Å². The van der Waals surface area contributed by atoms with Gasteiger partial charge >= 0.3 is 5.97 Å². The number of carboxylic acids is 1. The number of hydrogen-bond acceptors (Lipinski definition) is 7. The number of aromatic hydroxyl groups is 1. The first kappa shape index (κ1) is 34.6. The molecule has 4 aromatic rings. The Labute approximate surface area is 282 Å². The average Bonchev–Trinajstić information content (AvgIpc) is 3.76. The maximum Gasteiger partial charge on any atom is 0.326 e. The highest BCUT2D eigenvalue weighted by Gasteiger charge is 2.39. The van der Waals surface area contributed by atoms with Crippen LogP contribution in [0, 0.1) is 0 Å². The Balaban J connectivity index is 1.37. The van der Waals surface area contributed by atoms with Gasteiger partial charge in [-0.15, -0.1) is 0 Å². The van der Waals surface area contributed by atoms with Crippen LogP contribution in [-0.4, -0.2) is 87.0 Å². The van der Waals surface area contributed by atoms with E-state index in [2.05, 4.69) is 20.9 Å². The maximum atomic E-state index is 13.9. The van der Waals surface area contributed by atoms with Gasteiger partial charge in [0, 0.05) is 42.9 Å². The number of nitrogens with one attached hydrogen (secondary N) is 4. The normalized spacial score (nSPS) is 16.0. The summed E-state index contributed by atoms with van der Waals surface area (Å²) in [5, 5.41) is 28.6. The minimum absolute atomic E-state index is 0.0392. The molecule has 1 saturated heterocycles. The molecule has 13 nitrogen and oxygen atoms in total. The van der Waals surface area contributed by atoms with Gasteiger partial charge in [-0.2, -0.15) is 0 Å². The summed E-state index contributed by atoms with van der Waals surface area (Å²) >= 11 is 0. The van der Waals surface area contributed by atoms with Gasteiger partial charge in [-0.05, 0) is 47.7 Å². The van der Waals surface area contributed by atoms with Gasteiger partial charge in [0.15, 0.2) is 0 Å². The minimum atomic E-state index is -1.26. The number of carbonyl (C=O) groups is 5. The fraction of sp³-hybridized carbons (Fsp3) is 0.306. The summed E-state index contributed by atoms with van der Waals surface area (Å²) in [6.07, 6.45) is 2.77. The molecule has 8 N–H and O–H groups in total. The largest absolute Gasteiger partial charge is 0.508 e. The van der Waals surface area contributed by atoms with Crippen molar-refractivity contribution in [2.75, 3.05) is 13.1 Å². The highest BCUT2D eigenvalue weighted by molar-refractivity contribution is 5.96. The predicted octanol–water partition coefficient (Wildman–Crippen LogP) is 1.39. The van der Waals surface area contributed by atoms with Gasteiger partial charge in [0.2, 0.25) is 23.6 Å². The molecular formula is C36H40N6O7. The summed E-state index contributed by atoms with van der Waals surface area (Å²) in [6.45, 7) is -0.0888. The molecule has 0 bridgehead atoms. The number of H-pyrrole nitrogens is 1. The Bertz CT molecular complexity index is 1790. The predicted molar refractivity (Wildman–Crippen MR) is 181 cm³/mol. The summed E-state index contributed by atoms with van der Waals surface area (Å²) in [7, 11) is 0. The van der Waals surface area contributed by atoms with E-state index in [4.69, 9.17) is 5.73 Å². The monoisotopic (exact) mass is 668 g/mol. The zero-order chi connectivity index (χ0) is 34.9. The van der Waals surface area contributed by atoms with E-state index in [-0.39, 0.29) is 38.1 Å². The second-order valence-corrected chi connectivity index (χ2v) is 12.1. The highest BCUT2D eigenvalue weighted by atomic mass is 16.4. The molecule has 4 atom stereocenters. The lowest BCUT2D eigenvalue weighted by atomic mass is 10.0. The molecule has 1 aliphatic rings. The lowest BCUT2D eigenvalue weighted by Crippen LogP contribution is -2.58. The molecule has 13 heteroatoms. The van der Waals surface area contributed by atoms with E-state index in [1.165, 1.54) is 17.0 Å². The van der Waals surface area contributed by atoms with E-state index in [1.807, 2.05) is 30.3 Å². The number of aromatic amines is 1. The van der Waals surface area contributed by atoms with E-state index in [9.17, 15) is 34.2 Å². The second kappa shape index (κ2) is 15.9. The SMILES string of the molecule is NCC(=O)N[C@@H](Cc1ccc(O)cc1)C(=O)N1CCC[C@H]1C(=O)N[C@@H](Cc1c[nH]c2ccccc12)C(=O)N[C@H](Cc1ccccc1)C(=O)O. The van der Waals surface area contributed by atoms with Crippen molar-refractivity contribution in [1.82, 2.24) is 25.8 Å². The van der Waals surface area contributed by atoms with Crippen LogP contribution in [0.4, 0.5) is 0 Å². The number of carbonyl (C=O) groups excluding carboxylic acids is 4. The molecule has 0 aliphatic carbocycles. The summed E-state index contributed by atoms with van der Waals surface area (Å²) in [5.41, 5.74) is 8.49. The number of benzene rings is 3. The third-order valence-corrected chi connectivity index (χ3v) is 8.66. The van der Waals surface area contributed by atoms with Crippen molar-refractivity contribution in [3.05, 3.63) is 102 Å². The van der Waals surface area contributed by atoms with Crippen LogP contribution in [0.25, 0.3) is 10.9 Å². The molecular weight excluding hydrogens is 628 g/mol. The van der Waals surface area contributed by atoms with Crippen LogP contribution in [-0.2, 0) is 43.2 Å². The number of nitrogens with two attached hydrogens (primary N) is 1. The number of aromatic nitrogens is 1. The zero-order valence-electron chi connectivity index (χ0n) is 26.8. The maximum absolute atomic E-state index is 13.9. The molecule has 1 aromatic heterocycles. The summed E-state index contributed by atoms with van der Waals surface area (Å²) in [5.74, 6) is -3.46. The Kier molecular flexibility index (Phi) is 11.3. The smallest absolute Gasteiger partial charge is 0.326 e. The van der Waals surface area contributed by atoms with Gasteiger partial charge in [0.25, 0.3) is 0 Å². The number of hydrogen-bond donors (Lipinski definition) is 7. The number of phenolic OH excluding ortho intramolecular Hbond substituents is 1. The molecule has 0 saturated carbocycles. The number of carboxylic acid groups (broad SMARTS) is 1. The van der Waals surface area contributed by atoms with Gasteiger partial charge in [0.1, 0.15) is 29.9 Å². The lowest BCUT2D eigenvalue weighted by molar-refractivity contribution is -0.143. The van der Waals surface area contributed by atoms with Gasteiger partial charge in [0.05, 0.1) is 6.54 Å². The fourth-order valence-electron chi connectivity index (χ4n) is 6.14. The van der Waals surface area contributed by atoms with Gasteiger partial charge in [-0.1, -0.05) is 60.7 Å². The third-order valence-electron chi connectivity index (χ3n) is 8.66. The highest BCUT2D eigenvalue weighted by Crippen LogP contribution is 2.23. The van der Waals surface area contributed by atoms with Crippen molar-refractivity contribution >= 4 is 40.5 Å². The van der Waals surface area contributed by atoms with E-state index in [0.29, 0.717) is 18.4 Å². The lowest BCUT2D eigenvalue weighted by Gasteiger charge is -2.30. The van der Waals surface area contributed by atoms with Crippen molar-refractivity contribution in [2.24, 2.45) is 5.73 Å². The first-order valence-corrected chi connectivity index (χ1v) is 16.1. The summed E-state index contributed by atoms with van der Waals surface area (Å²) < 4.78 is 0. The first-order valence-electron chi connectivity index (χ1n) is 16.1. The topological polar surface area (TPSA) is 207 Å². The van der Waals surface area contributed by atoms with Crippen molar-refractivity contribution in [3.8, 4) is 5.75 Å². The van der Waals surface area contributed by atoms with Crippen LogP contribution in [0.5, 0.6) is 5.75 Å². The third kappa shape index (κ3) is 8.82. The van der Waals surface area contributed by atoms with Gasteiger partial charge in [-0.25, -0.2) is 4.79 Å². The van der Waals surface area contributed by atoms with Crippen molar-refractivity contribution in [2.45, 2.75) is 56.3 Å². The zero-order valence-corrected chi connectivity index (χ0v) is 26.8. The van der Waals surface area contributed by atoms with Crippen LogP contribution < -0.4 is 21.7 Å². The summed E-state index contributed by atoms with van der Waals surface area (Å²) in [4.78, 5) is 70.7. The quantitative estimate of drug-likeness (QED) is 0.104. The Morgan fingerprint density at radius 1 is 0.816 bits per heavy atom. The fourth-order valence-corrected chi connectivity index (χ4v) is 6.14. The van der Waals surface area contributed by atoms with Crippen LogP contribution in [0.3, 0.4) is 0 Å². The van der Waals surface area contributed by atoms with Crippen LogP contribution in [0.2, 0.25) is 0 Å². The second-order valence-electron chi connectivity index (χ2n) is 12.1. The van der Waals surface area contributed by atoms with Crippen LogP contribution in [0.15, 0.2) is 85.1 Å². The van der Waals surface area contributed by atoms with E-state index >= 15 is 0 Å². The number of nitrogens with zero attached hydrogens (tertiary/aromatic N) is 1. The number of aliphatic carboxylic acids is 1. The molecule has 49 heavy (non-hydrogen) atoms. The van der Waals surface area contributed by atoms with Crippen molar-refractivity contribution in [3.63, 3.8) is 0 Å². The minimum Gasteiger partial charge on any atom is -0.508 e. The molecule has 4 amide bonds. The molecule has 0 spiro atoms. The number of rotatable bonds is 14. The summed E-state index contributed by atoms with van der Waals surface area (Å²) in [6, 6.07) is 18.2. The van der Waals surface area contributed by atoms with E-state index in [0.717, 1.165) is 22.0 Å². The van der Waals surface area contributed by atoms with Crippen molar-refractivity contribution in [1.29, 1.82) is 0 Å². The van der Waals surface area contributed by atoms with Crippen LogP contribution in [0.1, 0.15) is 29.5 Å². The number of amides is 4. The van der Waals surface area contributed by atoms with E-state index in [1.54, 1.807) is 42.6 Å². The first-order chi connectivity index (χ1) is 23.6. The Morgan fingerprint density at radius 3 is 2.20 bits per heavy atom. The number of fused-ring (bicyclic) bond motifs is 1. The molecule has 1 aliphatic heterocycles. The molecule has 1 fully saturated rings. The molecule has 5 rings (SSSR count). The molecule has 0 unspecified atom stereocenters. The number of phenols is 1. The molecule has 256 valence electrons. The molecule has 2 heterocycles.